The van der Waals surface area contributed by atoms with Crippen LogP contribution < -0.4 is 19.5 Å². The molecule has 0 bridgehead atoms. The number of rotatable bonds is 8. The summed E-state index contributed by atoms with van der Waals surface area (Å²) in [4.78, 5) is 12.0. The maximum absolute atomic E-state index is 12.0. The maximum Gasteiger partial charge on any atom is 0.251 e. The van der Waals surface area contributed by atoms with Crippen molar-refractivity contribution >= 4 is 5.91 Å². The van der Waals surface area contributed by atoms with Crippen LogP contribution in [0.2, 0.25) is 0 Å². The van der Waals surface area contributed by atoms with Gasteiger partial charge in [0.15, 0.2) is 11.5 Å². The predicted octanol–water partition coefficient (Wildman–Crippen LogP) is 2.80. The Balaban J connectivity index is 3.10. The standard InChI is InChI=1S/C16H23NO4/c1-6-7-17-16(18)12-8-13(19-4)15(14(9-12)20-5)21-10-11(2)3/h8-9H,2,6-7,10H2,1,3-5H3,(H,17,18). The van der Waals surface area contributed by atoms with Crippen molar-refractivity contribution in [2.24, 2.45) is 0 Å². The van der Waals surface area contributed by atoms with Crippen LogP contribution in [0.4, 0.5) is 0 Å². The van der Waals surface area contributed by atoms with Crippen molar-refractivity contribution in [1.29, 1.82) is 0 Å². The summed E-state index contributed by atoms with van der Waals surface area (Å²) in [5.41, 5.74) is 1.35. The highest BCUT2D eigenvalue weighted by Gasteiger charge is 2.17. The molecule has 1 rings (SSSR count). The summed E-state index contributed by atoms with van der Waals surface area (Å²) in [7, 11) is 3.05. The Morgan fingerprint density at radius 1 is 1.24 bits per heavy atom. The average Bonchev–Trinajstić information content (AvgIpc) is 2.49. The van der Waals surface area contributed by atoms with Gasteiger partial charge in [0.1, 0.15) is 6.61 Å². The fraction of sp³-hybridized carbons (Fsp3) is 0.438. The molecule has 0 spiro atoms. The van der Waals surface area contributed by atoms with Crippen LogP contribution in [-0.2, 0) is 0 Å². The van der Waals surface area contributed by atoms with Gasteiger partial charge in [-0.05, 0) is 31.1 Å². The molecule has 0 aliphatic heterocycles. The molecule has 0 heterocycles. The van der Waals surface area contributed by atoms with Gasteiger partial charge in [-0.15, -0.1) is 0 Å². The van der Waals surface area contributed by atoms with Crippen LogP contribution in [-0.4, -0.2) is 33.3 Å². The second-order valence-corrected chi connectivity index (χ2v) is 4.71. The monoisotopic (exact) mass is 293 g/mol. The minimum Gasteiger partial charge on any atom is -0.493 e. The van der Waals surface area contributed by atoms with E-state index in [9.17, 15) is 4.79 Å². The highest BCUT2D eigenvalue weighted by Crippen LogP contribution is 2.38. The fourth-order valence-electron chi connectivity index (χ4n) is 1.69. The van der Waals surface area contributed by atoms with E-state index in [0.717, 1.165) is 12.0 Å². The molecule has 1 N–H and O–H groups in total. The van der Waals surface area contributed by atoms with Crippen LogP contribution in [0.15, 0.2) is 24.3 Å². The van der Waals surface area contributed by atoms with Crippen molar-refractivity contribution in [2.45, 2.75) is 20.3 Å². The molecule has 0 fully saturated rings. The minimum absolute atomic E-state index is 0.167. The van der Waals surface area contributed by atoms with E-state index in [1.165, 1.54) is 14.2 Å². The average molecular weight is 293 g/mol. The number of hydrogen-bond acceptors (Lipinski definition) is 4. The van der Waals surface area contributed by atoms with Crippen molar-refractivity contribution in [3.63, 3.8) is 0 Å². The number of methoxy groups -OCH3 is 2. The number of hydrogen-bond donors (Lipinski definition) is 1. The molecule has 21 heavy (non-hydrogen) atoms. The zero-order valence-electron chi connectivity index (χ0n) is 13.1. The number of amides is 1. The van der Waals surface area contributed by atoms with Gasteiger partial charge in [0.2, 0.25) is 5.75 Å². The summed E-state index contributed by atoms with van der Waals surface area (Å²) in [6.45, 7) is 8.63. The normalized spacial score (nSPS) is 9.90. The van der Waals surface area contributed by atoms with Crippen molar-refractivity contribution in [3.05, 3.63) is 29.8 Å². The summed E-state index contributed by atoms with van der Waals surface area (Å²) >= 11 is 0. The van der Waals surface area contributed by atoms with Gasteiger partial charge in [0.25, 0.3) is 5.91 Å². The molecule has 0 aliphatic rings. The quantitative estimate of drug-likeness (QED) is 0.749. The van der Waals surface area contributed by atoms with Gasteiger partial charge < -0.3 is 19.5 Å². The molecule has 116 valence electrons. The summed E-state index contributed by atoms with van der Waals surface area (Å²) in [5, 5.41) is 2.82. The predicted molar refractivity (Wildman–Crippen MR) is 82.5 cm³/mol. The van der Waals surface area contributed by atoms with Crippen LogP contribution in [0.5, 0.6) is 17.2 Å². The second-order valence-electron chi connectivity index (χ2n) is 4.71. The van der Waals surface area contributed by atoms with Crippen molar-refractivity contribution < 1.29 is 19.0 Å². The zero-order chi connectivity index (χ0) is 15.8. The first kappa shape index (κ1) is 16.9. The highest BCUT2D eigenvalue weighted by atomic mass is 16.5. The first-order chi connectivity index (χ1) is 10.0. The Kier molecular flexibility index (Phi) is 6.59. The van der Waals surface area contributed by atoms with Crippen LogP contribution in [0.25, 0.3) is 0 Å². The lowest BCUT2D eigenvalue weighted by molar-refractivity contribution is 0.0953. The number of carbonyl (C=O) groups is 1. The van der Waals surface area contributed by atoms with Gasteiger partial charge in [-0.1, -0.05) is 13.5 Å². The smallest absolute Gasteiger partial charge is 0.251 e. The lowest BCUT2D eigenvalue weighted by Crippen LogP contribution is -2.24. The van der Waals surface area contributed by atoms with Gasteiger partial charge in [-0.25, -0.2) is 0 Å². The summed E-state index contributed by atoms with van der Waals surface area (Å²) in [6.07, 6.45) is 0.875. The Morgan fingerprint density at radius 3 is 2.24 bits per heavy atom. The molecule has 0 saturated carbocycles. The second kappa shape index (κ2) is 8.19. The Labute approximate surface area is 125 Å². The third-order valence-electron chi connectivity index (χ3n) is 2.72. The van der Waals surface area contributed by atoms with Gasteiger partial charge in [0, 0.05) is 12.1 Å². The molecule has 0 aliphatic carbocycles. The zero-order valence-corrected chi connectivity index (χ0v) is 13.1. The molecule has 1 aromatic carbocycles. The largest absolute Gasteiger partial charge is 0.493 e. The van der Waals surface area contributed by atoms with Crippen LogP contribution in [0, 0.1) is 0 Å². The van der Waals surface area contributed by atoms with E-state index in [-0.39, 0.29) is 5.91 Å². The molecule has 0 aromatic heterocycles. The molecule has 0 atom stereocenters. The molecular formula is C16H23NO4. The van der Waals surface area contributed by atoms with E-state index in [1.54, 1.807) is 12.1 Å². The number of benzene rings is 1. The lowest BCUT2D eigenvalue weighted by atomic mass is 10.1. The van der Waals surface area contributed by atoms with E-state index in [2.05, 4.69) is 11.9 Å². The van der Waals surface area contributed by atoms with Crippen LogP contribution in [0.1, 0.15) is 30.6 Å². The fourth-order valence-corrected chi connectivity index (χ4v) is 1.69. The summed E-state index contributed by atoms with van der Waals surface area (Å²) in [5.74, 6) is 1.21. The van der Waals surface area contributed by atoms with Gasteiger partial charge in [0.05, 0.1) is 14.2 Å². The Morgan fingerprint density at radius 2 is 1.81 bits per heavy atom. The van der Waals surface area contributed by atoms with Crippen molar-refractivity contribution in [3.8, 4) is 17.2 Å². The molecule has 5 nitrogen and oxygen atoms in total. The van der Waals surface area contributed by atoms with E-state index in [4.69, 9.17) is 14.2 Å². The number of nitrogens with one attached hydrogen (secondary N) is 1. The van der Waals surface area contributed by atoms with E-state index < -0.39 is 0 Å². The lowest BCUT2D eigenvalue weighted by Gasteiger charge is -2.16. The summed E-state index contributed by atoms with van der Waals surface area (Å²) in [6, 6.07) is 3.28. The third-order valence-corrected chi connectivity index (χ3v) is 2.72. The number of ether oxygens (including phenoxy) is 3. The van der Waals surface area contributed by atoms with Gasteiger partial charge >= 0.3 is 0 Å². The first-order valence-electron chi connectivity index (χ1n) is 6.84. The number of carbonyl (C=O) groups excluding carboxylic acids is 1. The van der Waals surface area contributed by atoms with Gasteiger partial charge in [-0.2, -0.15) is 0 Å². The Hall–Kier alpha value is -2.17. The van der Waals surface area contributed by atoms with E-state index in [1.807, 2.05) is 13.8 Å². The summed E-state index contributed by atoms with van der Waals surface area (Å²) < 4.78 is 16.2. The molecular weight excluding hydrogens is 270 g/mol. The Bertz CT molecular complexity index is 486. The molecule has 1 aromatic rings. The molecule has 5 heteroatoms. The topological polar surface area (TPSA) is 56.8 Å². The third kappa shape index (κ3) is 4.70. The van der Waals surface area contributed by atoms with Crippen LogP contribution in [0.3, 0.4) is 0 Å². The van der Waals surface area contributed by atoms with Crippen molar-refractivity contribution in [1.82, 2.24) is 5.32 Å². The molecule has 0 radical (unpaired) electrons. The molecule has 0 unspecified atom stereocenters. The highest BCUT2D eigenvalue weighted by molar-refractivity contribution is 5.95. The SMILES string of the molecule is C=C(C)COc1c(OC)cc(C(=O)NCCC)cc1OC. The minimum atomic E-state index is -0.167. The van der Waals surface area contributed by atoms with Crippen molar-refractivity contribution in [2.75, 3.05) is 27.4 Å². The molecule has 1 amide bonds. The molecule has 0 saturated heterocycles. The van der Waals surface area contributed by atoms with E-state index >= 15 is 0 Å². The van der Waals surface area contributed by atoms with Gasteiger partial charge in [-0.3, -0.25) is 4.79 Å². The van der Waals surface area contributed by atoms with E-state index in [0.29, 0.717) is 36.0 Å². The maximum atomic E-state index is 12.0. The first-order valence-corrected chi connectivity index (χ1v) is 6.84. The van der Waals surface area contributed by atoms with Crippen LogP contribution >= 0.6 is 0 Å².